The van der Waals surface area contributed by atoms with E-state index in [-0.39, 0.29) is 6.54 Å². The first-order chi connectivity index (χ1) is 8.02. The fourth-order valence-corrected chi connectivity index (χ4v) is 1.98. The van der Waals surface area contributed by atoms with Crippen molar-refractivity contribution in [2.45, 2.75) is 20.0 Å². The SMILES string of the molecule is CCN(CC(O)C=S(=O)=O)c1cccc(C)c1. The van der Waals surface area contributed by atoms with Crippen molar-refractivity contribution in [2.24, 2.45) is 0 Å². The highest BCUT2D eigenvalue weighted by Gasteiger charge is 2.09. The van der Waals surface area contributed by atoms with Crippen molar-refractivity contribution in [1.82, 2.24) is 0 Å². The van der Waals surface area contributed by atoms with Gasteiger partial charge in [0, 0.05) is 18.8 Å². The first-order valence-electron chi connectivity index (χ1n) is 5.45. The Morgan fingerprint density at radius 1 is 1.47 bits per heavy atom. The Morgan fingerprint density at radius 2 is 2.18 bits per heavy atom. The molecular weight excluding hydrogens is 238 g/mol. The summed E-state index contributed by atoms with van der Waals surface area (Å²) in [5.74, 6) is 0. The van der Waals surface area contributed by atoms with Gasteiger partial charge >= 0.3 is 0 Å². The van der Waals surface area contributed by atoms with E-state index in [1.54, 1.807) is 0 Å². The van der Waals surface area contributed by atoms with Gasteiger partial charge in [0.25, 0.3) is 0 Å². The number of aryl methyl sites for hydroxylation is 1. The molecule has 0 aliphatic heterocycles. The largest absolute Gasteiger partial charge is 0.386 e. The molecule has 4 nitrogen and oxygen atoms in total. The molecule has 1 atom stereocenters. The Hall–Kier alpha value is -1.33. The lowest BCUT2D eigenvalue weighted by molar-refractivity contribution is 0.253. The number of aliphatic hydroxyl groups is 1. The number of aliphatic hydroxyl groups excluding tert-OH is 1. The molecule has 1 aromatic carbocycles. The van der Waals surface area contributed by atoms with Crippen molar-refractivity contribution in [1.29, 1.82) is 0 Å². The molecule has 1 rings (SSSR count). The molecule has 1 unspecified atom stereocenters. The molecule has 0 radical (unpaired) electrons. The topological polar surface area (TPSA) is 57.6 Å². The number of likely N-dealkylation sites (N-methyl/N-ethyl adjacent to an activating group) is 1. The highest BCUT2D eigenvalue weighted by molar-refractivity contribution is 7.71. The summed E-state index contributed by atoms with van der Waals surface area (Å²) in [5, 5.41) is 10.5. The molecule has 0 heterocycles. The van der Waals surface area contributed by atoms with Crippen molar-refractivity contribution >= 4 is 21.3 Å². The minimum Gasteiger partial charge on any atom is -0.386 e. The summed E-state index contributed by atoms with van der Waals surface area (Å²) in [7, 11) is -2.33. The van der Waals surface area contributed by atoms with E-state index in [2.05, 4.69) is 0 Å². The van der Waals surface area contributed by atoms with Gasteiger partial charge in [0.2, 0.25) is 10.3 Å². The van der Waals surface area contributed by atoms with Gasteiger partial charge in [-0.15, -0.1) is 0 Å². The summed E-state index contributed by atoms with van der Waals surface area (Å²) in [6.45, 7) is 4.93. The van der Waals surface area contributed by atoms with Crippen molar-refractivity contribution < 1.29 is 13.5 Å². The Labute approximate surface area is 103 Å². The predicted molar refractivity (Wildman–Crippen MR) is 70.1 cm³/mol. The van der Waals surface area contributed by atoms with Crippen LogP contribution in [0.15, 0.2) is 24.3 Å². The second-order valence-corrected chi connectivity index (χ2v) is 4.63. The molecule has 1 aromatic rings. The van der Waals surface area contributed by atoms with E-state index in [0.717, 1.165) is 16.6 Å². The number of nitrogens with zero attached hydrogens (tertiary/aromatic N) is 1. The summed E-state index contributed by atoms with van der Waals surface area (Å²) >= 11 is 0. The minimum absolute atomic E-state index is 0.272. The van der Waals surface area contributed by atoms with Gasteiger partial charge in [-0.2, -0.15) is 8.42 Å². The van der Waals surface area contributed by atoms with Gasteiger partial charge < -0.3 is 10.0 Å². The van der Waals surface area contributed by atoms with E-state index in [0.29, 0.717) is 6.54 Å². The maximum atomic E-state index is 10.4. The van der Waals surface area contributed by atoms with E-state index in [4.69, 9.17) is 0 Å². The van der Waals surface area contributed by atoms with E-state index >= 15 is 0 Å². The van der Waals surface area contributed by atoms with Crippen molar-refractivity contribution in [3.8, 4) is 0 Å². The Morgan fingerprint density at radius 3 is 2.71 bits per heavy atom. The lowest BCUT2D eigenvalue weighted by Crippen LogP contribution is -2.33. The standard InChI is InChI=1S/C12H17NO3S/c1-3-13(8-12(14)9-17(15)16)11-6-4-5-10(2)7-11/h4-7,9,12,14H,3,8H2,1-2H3. The summed E-state index contributed by atoms with van der Waals surface area (Å²) in [5.41, 5.74) is 2.11. The van der Waals surface area contributed by atoms with Gasteiger partial charge in [0.1, 0.15) is 6.10 Å². The quantitative estimate of drug-likeness (QED) is 0.793. The summed E-state index contributed by atoms with van der Waals surface area (Å²) in [6, 6.07) is 7.88. The molecule has 1 N–H and O–H groups in total. The first kappa shape index (κ1) is 13.7. The molecule has 5 heteroatoms. The van der Waals surface area contributed by atoms with Gasteiger partial charge in [-0.3, -0.25) is 0 Å². The van der Waals surface area contributed by atoms with Crippen LogP contribution in [0.4, 0.5) is 5.69 Å². The molecule has 0 saturated heterocycles. The Balaban J connectivity index is 2.82. The number of anilines is 1. The molecule has 0 fully saturated rings. The molecule has 94 valence electrons. The molecule has 0 aliphatic carbocycles. The van der Waals surface area contributed by atoms with Crippen molar-refractivity contribution in [2.75, 3.05) is 18.0 Å². The van der Waals surface area contributed by atoms with Crippen LogP contribution < -0.4 is 4.90 Å². The summed E-state index contributed by atoms with van der Waals surface area (Å²) < 4.78 is 20.9. The normalized spacial score (nSPS) is 11.9. The molecule has 0 aliphatic rings. The van der Waals surface area contributed by atoms with Crippen LogP contribution in [0.25, 0.3) is 0 Å². The van der Waals surface area contributed by atoms with Gasteiger partial charge in [-0.1, -0.05) is 12.1 Å². The molecule has 0 saturated carbocycles. The van der Waals surface area contributed by atoms with Crippen LogP contribution in [-0.2, 0) is 10.3 Å². The van der Waals surface area contributed by atoms with E-state index in [1.165, 1.54) is 0 Å². The van der Waals surface area contributed by atoms with Crippen LogP contribution >= 0.6 is 0 Å². The molecule has 17 heavy (non-hydrogen) atoms. The predicted octanol–water partition coefficient (Wildman–Crippen LogP) is 0.864. The maximum absolute atomic E-state index is 10.4. The average Bonchev–Trinajstić information content (AvgIpc) is 2.24. The van der Waals surface area contributed by atoms with Crippen LogP contribution in [0.3, 0.4) is 0 Å². The fraction of sp³-hybridized carbons (Fsp3) is 0.417. The van der Waals surface area contributed by atoms with E-state index in [9.17, 15) is 13.5 Å². The minimum atomic E-state index is -2.33. The highest BCUT2D eigenvalue weighted by atomic mass is 32.2. The Kier molecular flexibility index (Phi) is 5.18. The molecule has 0 aromatic heterocycles. The van der Waals surface area contributed by atoms with Crippen LogP contribution in [0.2, 0.25) is 0 Å². The van der Waals surface area contributed by atoms with Crippen LogP contribution in [0, 0.1) is 6.92 Å². The third-order valence-electron chi connectivity index (χ3n) is 2.42. The third kappa shape index (κ3) is 4.58. The lowest BCUT2D eigenvalue weighted by Gasteiger charge is -2.24. The van der Waals surface area contributed by atoms with E-state index < -0.39 is 16.4 Å². The first-order valence-corrected chi connectivity index (χ1v) is 6.59. The average molecular weight is 255 g/mol. The molecule has 0 spiro atoms. The molecule has 0 bridgehead atoms. The third-order valence-corrected chi connectivity index (χ3v) is 2.96. The van der Waals surface area contributed by atoms with Gasteiger partial charge in [-0.05, 0) is 31.5 Å². The van der Waals surface area contributed by atoms with Crippen LogP contribution in [0.5, 0.6) is 0 Å². The zero-order valence-corrected chi connectivity index (χ0v) is 10.8. The Bertz CT molecular complexity index is 488. The summed E-state index contributed by atoms with van der Waals surface area (Å²) in [4.78, 5) is 1.93. The monoisotopic (exact) mass is 255 g/mol. The van der Waals surface area contributed by atoms with Gasteiger partial charge in [-0.25, -0.2) is 0 Å². The zero-order chi connectivity index (χ0) is 12.8. The van der Waals surface area contributed by atoms with Crippen LogP contribution in [0.1, 0.15) is 12.5 Å². The second-order valence-electron chi connectivity index (χ2n) is 3.84. The maximum Gasteiger partial charge on any atom is 0.212 e. The smallest absolute Gasteiger partial charge is 0.212 e. The van der Waals surface area contributed by atoms with Crippen LogP contribution in [-0.4, -0.2) is 38.1 Å². The molecule has 0 amide bonds. The fourth-order valence-electron chi connectivity index (χ4n) is 1.64. The molecular formula is C12H17NO3S. The van der Waals surface area contributed by atoms with Crippen molar-refractivity contribution in [3.05, 3.63) is 29.8 Å². The van der Waals surface area contributed by atoms with Gasteiger partial charge in [0.05, 0.1) is 5.37 Å². The second kappa shape index (κ2) is 6.42. The number of benzene rings is 1. The number of hydrogen-bond acceptors (Lipinski definition) is 4. The lowest BCUT2D eigenvalue weighted by atomic mass is 10.2. The number of hydrogen-bond donors (Lipinski definition) is 1. The zero-order valence-electron chi connectivity index (χ0n) is 10.00. The highest BCUT2D eigenvalue weighted by Crippen LogP contribution is 2.15. The van der Waals surface area contributed by atoms with E-state index in [1.807, 2.05) is 43.0 Å². The number of rotatable bonds is 5. The van der Waals surface area contributed by atoms with Crippen molar-refractivity contribution in [3.63, 3.8) is 0 Å². The van der Waals surface area contributed by atoms with Gasteiger partial charge in [0.15, 0.2) is 0 Å². The summed E-state index contributed by atoms with van der Waals surface area (Å²) in [6.07, 6.45) is -0.978.